The number of hydrogen-bond donors (Lipinski definition) is 2. The molecule has 2 aliphatic rings. The van der Waals surface area contributed by atoms with Gasteiger partial charge in [-0.05, 0) is 42.9 Å². The Morgan fingerprint density at radius 2 is 2.13 bits per heavy atom. The molecule has 1 aromatic rings. The third-order valence-electron chi connectivity index (χ3n) is 5.52. The summed E-state index contributed by atoms with van der Waals surface area (Å²) in [7, 11) is 0. The fourth-order valence-electron chi connectivity index (χ4n) is 4.26. The molecule has 1 atom stereocenters. The van der Waals surface area contributed by atoms with Crippen LogP contribution in [0, 0.1) is 12.3 Å². The summed E-state index contributed by atoms with van der Waals surface area (Å²) >= 11 is 0. The van der Waals surface area contributed by atoms with E-state index in [9.17, 15) is 9.59 Å². The molecule has 162 valence electrons. The van der Waals surface area contributed by atoms with Gasteiger partial charge in [0.15, 0.2) is 5.78 Å². The van der Waals surface area contributed by atoms with Crippen molar-refractivity contribution in [2.75, 3.05) is 26.4 Å². The van der Waals surface area contributed by atoms with Crippen molar-refractivity contribution in [3.63, 3.8) is 0 Å². The van der Waals surface area contributed by atoms with Crippen molar-refractivity contribution < 1.29 is 19.1 Å². The summed E-state index contributed by atoms with van der Waals surface area (Å²) in [4.78, 5) is 30.7. The average molecular weight is 414 g/mol. The number of carbonyl (C=O) groups is 2. The number of ether oxygens (including phenoxy) is 2. The number of Topliss-reactive ketones (excluding diaryl/α,β-unsaturated/α-hetero) is 1. The second kappa shape index (κ2) is 9.10. The lowest BCUT2D eigenvalue weighted by molar-refractivity contribution is -0.139. The van der Waals surface area contributed by atoms with Crippen molar-refractivity contribution in [1.29, 1.82) is 0 Å². The number of aryl methyl sites for hydroxylation is 1. The number of esters is 1. The zero-order chi connectivity index (χ0) is 21.9. The Kier molecular flexibility index (Phi) is 6.73. The van der Waals surface area contributed by atoms with E-state index >= 15 is 0 Å². The van der Waals surface area contributed by atoms with E-state index in [1.165, 1.54) is 0 Å². The Morgan fingerprint density at radius 1 is 1.37 bits per heavy atom. The van der Waals surface area contributed by atoms with Gasteiger partial charge in [-0.25, -0.2) is 4.79 Å². The van der Waals surface area contributed by atoms with Gasteiger partial charge in [0.1, 0.15) is 0 Å². The molecule has 1 unspecified atom stereocenters. The highest BCUT2D eigenvalue weighted by atomic mass is 16.5. The first kappa shape index (κ1) is 22.2. The standard InChI is InChI=1S/C23H31N3O4/c1-5-30-22(28)21-17(13-29-9-7-24)26-16-10-23(3,4)11-18(27)20(16)19(21)15-12-25-8-6-14(15)2/h6,8,12,19,26H,5,7,9-11,13,24H2,1-4H3. The number of pyridine rings is 1. The molecule has 0 saturated carbocycles. The molecule has 0 radical (unpaired) electrons. The first-order chi connectivity index (χ1) is 14.3. The maximum atomic E-state index is 13.3. The summed E-state index contributed by atoms with van der Waals surface area (Å²) in [6, 6.07) is 1.89. The van der Waals surface area contributed by atoms with Gasteiger partial charge in [0.05, 0.1) is 37.0 Å². The largest absolute Gasteiger partial charge is 0.463 e. The maximum Gasteiger partial charge on any atom is 0.336 e. The van der Waals surface area contributed by atoms with Crippen molar-refractivity contribution in [3.8, 4) is 0 Å². The minimum Gasteiger partial charge on any atom is -0.463 e. The number of allylic oxidation sites excluding steroid dienone is 2. The SMILES string of the molecule is CCOC(=O)C1=C(COCCN)NC2=C(C(=O)CC(C)(C)C2)C1c1cnccc1C. The van der Waals surface area contributed by atoms with Crippen LogP contribution in [-0.4, -0.2) is 43.1 Å². The van der Waals surface area contributed by atoms with Crippen LogP contribution in [0.25, 0.3) is 0 Å². The first-order valence-corrected chi connectivity index (χ1v) is 10.4. The van der Waals surface area contributed by atoms with E-state index in [4.69, 9.17) is 15.2 Å². The number of ketones is 1. The summed E-state index contributed by atoms with van der Waals surface area (Å²) in [5.74, 6) is -0.936. The Morgan fingerprint density at radius 3 is 2.80 bits per heavy atom. The monoisotopic (exact) mass is 413 g/mol. The molecule has 1 aromatic heterocycles. The minimum absolute atomic E-state index is 0.0470. The molecular formula is C23H31N3O4. The van der Waals surface area contributed by atoms with Crippen LogP contribution in [0.15, 0.2) is 41.0 Å². The molecule has 1 aliphatic carbocycles. The van der Waals surface area contributed by atoms with E-state index in [1.54, 1.807) is 19.3 Å². The highest BCUT2D eigenvalue weighted by Crippen LogP contribution is 2.47. The molecule has 2 heterocycles. The molecule has 0 bridgehead atoms. The number of nitrogens with zero attached hydrogens (tertiary/aromatic N) is 1. The number of rotatable bonds is 7. The Balaban J connectivity index is 2.19. The normalized spacial score (nSPS) is 20.7. The average Bonchev–Trinajstić information content (AvgIpc) is 2.66. The smallest absolute Gasteiger partial charge is 0.336 e. The molecule has 30 heavy (non-hydrogen) atoms. The Bertz CT molecular complexity index is 901. The van der Waals surface area contributed by atoms with Crippen molar-refractivity contribution in [2.24, 2.45) is 11.1 Å². The van der Waals surface area contributed by atoms with Crippen LogP contribution in [-0.2, 0) is 19.1 Å². The molecule has 0 saturated heterocycles. The van der Waals surface area contributed by atoms with Crippen molar-refractivity contribution in [2.45, 2.75) is 46.5 Å². The van der Waals surface area contributed by atoms with E-state index in [1.807, 2.05) is 13.0 Å². The van der Waals surface area contributed by atoms with Gasteiger partial charge in [0, 0.05) is 36.6 Å². The summed E-state index contributed by atoms with van der Waals surface area (Å²) < 4.78 is 11.1. The van der Waals surface area contributed by atoms with Gasteiger partial charge in [0.2, 0.25) is 0 Å². The van der Waals surface area contributed by atoms with Crippen LogP contribution in [0.5, 0.6) is 0 Å². The van der Waals surface area contributed by atoms with Crippen molar-refractivity contribution in [3.05, 3.63) is 52.1 Å². The molecule has 7 nitrogen and oxygen atoms in total. The summed E-state index contributed by atoms with van der Waals surface area (Å²) in [6.45, 7) is 9.07. The predicted molar refractivity (Wildman–Crippen MR) is 113 cm³/mol. The van der Waals surface area contributed by atoms with E-state index < -0.39 is 11.9 Å². The molecular weight excluding hydrogens is 382 g/mol. The molecule has 3 N–H and O–H groups in total. The van der Waals surface area contributed by atoms with Gasteiger partial charge < -0.3 is 20.5 Å². The molecule has 0 fully saturated rings. The third-order valence-corrected chi connectivity index (χ3v) is 5.52. The zero-order valence-electron chi connectivity index (χ0n) is 18.2. The van der Waals surface area contributed by atoms with Gasteiger partial charge in [-0.2, -0.15) is 0 Å². The van der Waals surface area contributed by atoms with Gasteiger partial charge in [0.25, 0.3) is 0 Å². The number of aromatic nitrogens is 1. The van der Waals surface area contributed by atoms with Gasteiger partial charge in [-0.3, -0.25) is 9.78 Å². The fourth-order valence-corrected chi connectivity index (χ4v) is 4.26. The van der Waals surface area contributed by atoms with Gasteiger partial charge >= 0.3 is 5.97 Å². The molecule has 1 aliphatic heterocycles. The van der Waals surface area contributed by atoms with E-state index in [0.29, 0.717) is 42.8 Å². The van der Waals surface area contributed by atoms with Gasteiger partial charge in [-0.1, -0.05) is 13.8 Å². The first-order valence-electron chi connectivity index (χ1n) is 10.4. The van der Waals surface area contributed by atoms with E-state index in [0.717, 1.165) is 16.8 Å². The number of carbonyl (C=O) groups excluding carboxylic acids is 2. The third kappa shape index (κ3) is 4.47. The highest BCUT2D eigenvalue weighted by molar-refractivity contribution is 6.04. The quantitative estimate of drug-likeness (QED) is 0.523. The second-order valence-corrected chi connectivity index (χ2v) is 8.58. The lowest BCUT2D eigenvalue weighted by Crippen LogP contribution is -2.40. The Labute approximate surface area is 177 Å². The molecule has 0 aromatic carbocycles. The number of nitrogens with two attached hydrogens (primary N) is 1. The lowest BCUT2D eigenvalue weighted by Gasteiger charge is -2.40. The molecule has 3 rings (SSSR count). The number of dihydropyridines is 1. The second-order valence-electron chi connectivity index (χ2n) is 8.58. The molecule has 0 spiro atoms. The van der Waals surface area contributed by atoms with Crippen LogP contribution in [0.3, 0.4) is 0 Å². The van der Waals surface area contributed by atoms with Crippen LogP contribution in [0.2, 0.25) is 0 Å². The Hall–Kier alpha value is -2.51. The van der Waals surface area contributed by atoms with Crippen molar-refractivity contribution in [1.82, 2.24) is 10.3 Å². The number of nitrogens with one attached hydrogen (secondary N) is 1. The number of hydrogen-bond acceptors (Lipinski definition) is 7. The fraction of sp³-hybridized carbons (Fsp3) is 0.522. The van der Waals surface area contributed by atoms with Crippen LogP contribution in [0.1, 0.15) is 50.7 Å². The van der Waals surface area contributed by atoms with Crippen LogP contribution in [0.4, 0.5) is 0 Å². The molecule has 7 heteroatoms. The maximum absolute atomic E-state index is 13.3. The minimum atomic E-state index is -0.533. The van der Waals surface area contributed by atoms with Crippen LogP contribution < -0.4 is 11.1 Å². The molecule has 0 amide bonds. The topological polar surface area (TPSA) is 104 Å². The predicted octanol–water partition coefficient (Wildman–Crippen LogP) is 2.51. The summed E-state index contributed by atoms with van der Waals surface area (Å²) in [5, 5.41) is 3.36. The summed E-state index contributed by atoms with van der Waals surface area (Å²) in [5.41, 5.74) is 9.72. The van der Waals surface area contributed by atoms with Gasteiger partial charge in [-0.15, -0.1) is 0 Å². The summed E-state index contributed by atoms with van der Waals surface area (Å²) in [6.07, 6.45) is 4.58. The highest BCUT2D eigenvalue weighted by Gasteiger charge is 2.44. The van der Waals surface area contributed by atoms with E-state index in [2.05, 4.69) is 24.1 Å². The lowest BCUT2D eigenvalue weighted by atomic mass is 9.68. The van der Waals surface area contributed by atoms with E-state index in [-0.39, 0.29) is 24.4 Å². The zero-order valence-corrected chi connectivity index (χ0v) is 18.2. The van der Waals surface area contributed by atoms with Crippen molar-refractivity contribution >= 4 is 11.8 Å². The van der Waals surface area contributed by atoms with Crippen LogP contribution >= 0.6 is 0 Å².